The molecule has 1 amide bonds. The lowest BCUT2D eigenvalue weighted by atomic mass is 10.1. The number of hydrogen-bond acceptors (Lipinski definition) is 4. The first kappa shape index (κ1) is 27.6. The summed E-state index contributed by atoms with van der Waals surface area (Å²) in [7, 11) is 4.02. The molecule has 0 bridgehead atoms. The average Bonchev–Trinajstić information content (AvgIpc) is 2.72. The molecule has 1 atom stereocenters. The van der Waals surface area contributed by atoms with E-state index in [0.29, 0.717) is 12.6 Å². The van der Waals surface area contributed by atoms with Gasteiger partial charge in [-0.15, -0.1) is 24.0 Å². The fraction of sp³-hybridized carbons (Fsp3) is 0.652. The van der Waals surface area contributed by atoms with Crippen LogP contribution in [0.2, 0.25) is 0 Å². The molecule has 1 aliphatic heterocycles. The molecule has 176 valence electrons. The Kier molecular flexibility index (Phi) is 13.0. The number of nitrogens with one attached hydrogen (secondary N) is 2. The Morgan fingerprint density at radius 3 is 2.35 bits per heavy atom. The SMILES string of the molecule is CN=C(NCCC(C)N(C)Cc1ccccc1)N1CCN(CC(=O)NC(C)C)CC1.I. The van der Waals surface area contributed by atoms with Gasteiger partial charge in [-0.3, -0.25) is 19.6 Å². The molecule has 0 aliphatic carbocycles. The summed E-state index contributed by atoms with van der Waals surface area (Å²) in [5.41, 5.74) is 1.34. The van der Waals surface area contributed by atoms with Gasteiger partial charge in [-0.1, -0.05) is 30.3 Å². The van der Waals surface area contributed by atoms with E-state index in [-0.39, 0.29) is 35.9 Å². The molecular weight excluding hydrogens is 503 g/mol. The van der Waals surface area contributed by atoms with Crippen LogP contribution in [-0.2, 0) is 11.3 Å². The van der Waals surface area contributed by atoms with Crippen LogP contribution in [0.15, 0.2) is 35.3 Å². The van der Waals surface area contributed by atoms with Gasteiger partial charge in [-0.25, -0.2) is 0 Å². The van der Waals surface area contributed by atoms with Crippen LogP contribution in [0, 0.1) is 0 Å². The Labute approximate surface area is 205 Å². The van der Waals surface area contributed by atoms with Crippen molar-refractivity contribution in [2.24, 2.45) is 4.99 Å². The Hall–Kier alpha value is -1.39. The van der Waals surface area contributed by atoms with E-state index in [1.54, 1.807) is 0 Å². The van der Waals surface area contributed by atoms with E-state index in [1.165, 1.54) is 5.56 Å². The molecule has 0 spiro atoms. The Morgan fingerprint density at radius 2 is 1.77 bits per heavy atom. The summed E-state index contributed by atoms with van der Waals surface area (Å²) in [6.07, 6.45) is 1.05. The van der Waals surface area contributed by atoms with E-state index in [2.05, 4.69) is 74.6 Å². The number of guanidine groups is 1. The highest BCUT2D eigenvalue weighted by Crippen LogP contribution is 2.08. The fourth-order valence-electron chi connectivity index (χ4n) is 3.66. The quantitative estimate of drug-likeness (QED) is 0.284. The number of nitrogens with zero attached hydrogens (tertiary/aromatic N) is 4. The number of aliphatic imine (C=N–C) groups is 1. The van der Waals surface area contributed by atoms with Crippen molar-refractivity contribution in [1.29, 1.82) is 0 Å². The molecule has 1 aromatic carbocycles. The van der Waals surface area contributed by atoms with Crippen molar-refractivity contribution < 1.29 is 4.79 Å². The zero-order valence-electron chi connectivity index (χ0n) is 19.8. The molecule has 1 aromatic rings. The second-order valence-electron chi connectivity index (χ2n) is 8.50. The number of benzene rings is 1. The summed E-state index contributed by atoms with van der Waals surface area (Å²) >= 11 is 0. The first-order chi connectivity index (χ1) is 14.4. The lowest BCUT2D eigenvalue weighted by molar-refractivity contribution is -0.123. The second kappa shape index (κ2) is 14.6. The van der Waals surface area contributed by atoms with E-state index < -0.39 is 0 Å². The van der Waals surface area contributed by atoms with E-state index in [0.717, 1.165) is 51.6 Å². The molecule has 0 radical (unpaired) electrons. The lowest BCUT2D eigenvalue weighted by Crippen LogP contribution is -2.54. The van der Waals surface area contributed by atoms with Gasteiger partial charge in [0.1, 0.15) is 0 Å². The van der Waals surface area contributed by atoms with Crippen molar-refractivity contribution in [3.8, 4) is 0 Å². The first-order valence-electron chi connectivity index (χ1n) is 11.1. The van der Waals surface area contributed by atoms with Crippen LogP contribution >= 0.6 is 24.0 Å². The van der Waals surface area contributed by atoms with E-state index >= 15 is 0 Å². The number of amides is 1. The smallest absolute Gasteiger partial charge is 0.234 e. The number of halogens is 1. The minimum absolute atomic E-state index is 0. The summed E-state index contributed by atoms with van der Waals surface area (Å²) in [5.74, 6) is 1.06. The number of piperazine rings is 1. The average molecular weight is 545 g/mol. The molecule has 1 saturated heterocycles. The molecule has 1 unspecified atom stereocenters. The molecule has 0 aromatic heterocycles. The van der Waals surface area contributed by atoms with Crippen molar-refractivity contribution in [2.75, 3.05) is 53.4 Å². The van der Waals surface area contributed by atoms with Crippen LogP contribution in [0.4, 0.5) is 0 Å². The highest BCUT2D eigenvalue weighted by molar-refractivity contribution is 14.0. The Balaban J connectivity index is 0.00000480. The summed E-state index contributed by atoms with van der Waals surface area (Å²) in [6.45, 7) is 12.1. The minimum Gasteiger partial charge on any atom is -0.356 e. The van der Waals surface area contributed by atoms with E-state index in [4.69, 9.17) is 0 Å². The highest BCUT2D eigenvalue weighted by Gasteiger charge is 2.21. The van der Waals surface area contributed by atoms with Crippen LogP contribution in [0.25, 0.3) is 0 Å². The Morgan fingerprint density at radius 1 is 1.13 bits per heavy atom. The first-order valence-corrected chi connectivity index (χ1v) is 11.1. The van der Waals surface area contributed by atoms with Crippen molar-refractivity contribution in [3.63, 3.8) is 0 Å². The number of carbonyl (C=O) groups excluding carboxylic acids is 1. The third kappa shape index (κ3) is 10.2. The van der Waals surface area contributed by atoms with Gasteiger partial charge in [-0.05, 0) is 39.8 Å². The molecule has 1 aliphatic rings. The standard InChI is InChI=1S/C23H40N6O.HI/c1-19(2)26-22(30)18-28-13-15-29(16-14-28)23(24-4)25-12-11-20(3)27(5)17-21-9-7-6-8-10-21;/h6-10,19-20H,11-18H2,1-5H3,(H,24,25)(H,26,30);1H. The summed E-state index contributed by atoms with van der Waals surface area (Å²) in [6, 6.07) is 11.3. The van der Waals surface area contributed by atoms with Crippen LogP contribution < -0.4 is 10.6 Å². The number of rotatable bonds is 9. The lowest BCUT2D eigenvalue weighted by Gasteiger charge is -2.36. The third-order valence-electron chi connectivity index (χ3n) is 5.57. The molecule has 7 nitrogen and oxygen atoms in total. The zero-order chi connectivity index (χ0) is 21.9. The van der Waals surface area contributed by atoms with Crippen LogP contribution in [0.3, 0.4) is 0 Å². The Bertz CT molecular complexity index is 661. The summed E-state index contributed by atoms with van der Waals surface area (Å²) < 4.78 is 0. The minimum atomic E-state index is 0. The maximum absolute atomic E-state index is 12.0. The number of hydrogen-bond donors (Lipinski definition) is 2. The molecule has 2 rings (SSSR count). The monoisotopic (exact) mass is 544 g/mol. The van der Waals surface area contributed by atoms with Crippen molar-refractivity contribution in [2.45, 2.75) is 45.8 Å². The third-order valence-corrected chi connectivity index (χ3v) is 5.57. The normalized spacial score (nSPS) is 16.2. The van der Waals surface area contributed by atoms with E-state index in [1.807, 2.05) is 20.9 Å². The van der Waals surface area contributed by atoms with E-state index in [9.17, 15) is 4.79 Å². The zero-order valence-corrected chi connectivity index (χ0v) is 22.1. The van der Waals surface area contributed by atoms with Crippen LogP contribution in [-0.4, -0.2) is 92.0 Å². The van der Waals surface area contributed by atoms with Gasteiger partial charge in [-0.2, -0.15) is 0 Å². The van der Waals surface area contributed by atoms with Crippen LogP contribution in [0.1, 0.15) is 32.8 Å². The van der Waals surface area contributed by atoms with Gasteiger partial charge in [0.25, 0.3) is 0 Å². The topological polar surface area (TPSA) is 63.2 Å². The molecule has 2 N–H and O–H groups in total. The summed E-state index contributed by atoms with van der Waals surface area (Å²) in [4.78, 5) is 23.3. The second-order valence-corrected chi connectivity index (χ2v) is 8.50. The van der Waals surface area contributed by atoms with Gasteiger partial charge in [0.2, 0.25) is 5.91 Å². The van der Waals surface area contributed by atoms with Gasteiger partial charge >= 0.3 is 0 Å². The largest absolute Gasteiger partial charge is 0.356 e. The molecule has 31 heavy (non-hydrogen) atoms. The van der Waals surface area contributed by atoms with Crippen LogP contribution in [0.5, 0.6) is 0 Å². The van der Waals surface area contributed by atoms with Crippen molar-refractivity contribution in [3.05, 3.63) is 35.9 Å². The molecule has 8 heteroatoms. The fourth-order valence-corrected chi connectivity index (χ4v) is 3.66. The number of carbonyl (C=O) groups is 1. The maximum Gasteiger partial charge on any atom is 0.234 e. The van der Waals surface area contributed by atoms with Crippen molar-refractivity contribution in [1.82, 2.24) is 25.3 Å². The van der Waals surface area contributed by atoms with Gasteiger partial charge < -0.3 is 15.5 Å². The van der Waals surface area contributed by atoms with Gasteiger partial charge in [0, 0.05) is 58.4 Å². The van der Waals surface area contributed by atoms with Crippen molar-refractivity contribution >= 4 is 35.8 Å². The highest BCUT2D eigenvalue weighted by atomic mass is 127. The molecular formula is C23H41IN6O. The maximum atomic E-state index is 12.0. The van der Waals surface area contributed by atoms with Gasteiger partial charge in [0.15, 0.2) is 5.96 Å². The predicted molar refractivity (Wildman–Crippen MR) is 140 cm³/mol. The molecule has 1 fully saturated rings. The van der Waals surface area contributed by atoms with Gasteiger partial charge in [0.05, 0.1) is 6.54 Å². The molecule has 1 heterocycles. The molecule has 0 saturated carbocycles. The summed E-state index contributed by atoms with van der Waals surface area (Å²) in [5, 5.41) is 6.49. The predicted octanol–water partition coefficient (Wildman–Crippen LogP) is 2.23.